The molecule has 128 valence electrons. The molecule has 2 aromatic heterocycles. The van der Waals surface area contributed by atoms with Crippen molar-refractivity contribution in [3.05, 3.63) is 53.7 Å². The van der Waals surface area contributed by atoms with Crippen LogP contribution in [0.15, 0.2) is 36.7 Å². The Morgan fingerprint density at radius 2 is 2.20 bits per heavy atom. The van der Waals surface area contributed by atoms with E-state index in [2.05, 4.69) is 20.4 Å². The zero-order chi connectivity index (χ0) is 17.4. The Morgan fingerprint density at radius 3 is 3.00 bits per heavy atom. The number of H-pyrrole nitrogens is 1. The molecule has 1 fully saturated rings. The van der Waals surface area contributed by atoms with Crippen LogP contribution in [-0.2, 0) is 5.60 Å². The van der Waals surface area contributed by atoms with Gasteiger partial charge in [0.25, 0.3) is 5.91 Å². The van der Waals surface area contributed by atoms with Crippen LogP contribution in [0.2, 0.25) is 0 Å². The SMILES string of the molecule is O=C(c1cnc2ccc(F)cc2c1)N1CCCC(O)(c2cn[nH]n2)C1. The molecule has 0 spiro atoms. The lowest BCUT2D eigenvalue weighted by Gasteiger charge is -2.37. The predicted molar refractivity (Wildman–Crippen MR) is 87.1 cm³/mol. The van der Waals surface area contributed by atoms with Gasteiger partial charge >= 0.3 is 0 Å². The first-order valence-corrected chi connectivity index (χ1v) is 7.98. The van der Waals surface area contributed by atoms with Gasteiger partial charge in [0.1, 0.15) is 17.1 Å². The van der Waals surface area contributed by atoms with Gasteiger partial charge in [-0.2, -0.15) is 15.4 Å². The van der Waals surface area contributed by atoms with Crippen molar-refractivity contribution >= 4 is 16.8 Å². The average Bonchev–Trinajstić information content (AvgIpc) is 3.16. The van der Waals surface area contributed by atoms with E-state index in [0.717, 1.165) is 0 Å². The highest BCUT2D eigenvalue weighted by atomic mass is 19.1. The Hall–Kier alpha value is -2.87. The van der Waals surface area contributed by atoms with Crippen LogP contribution in [0.3, 0.4) is 0 Å². The highest BCUT2D eigenvalue weighted by Gasteiger charge is 2.39. The van der Waals surface area contributed by atoms with Gasteiger partial charge in [-0.3, -0.25) is 9.78 Å². The quantitative estimate of drug-likeness (QED) is 0.738. The summed E-state index contributed by atoms with van der Waals surface area (Å²) in [4.78, 5) is 18.6. The highest BCUT2D eigenvalue weighted by Crippen LogP contribution is 2.30. The Bertz CT molecular complexity index is 930. The minimum absolute atomic E-state index is 0.125. The molecule has 1 saturated heterocycles. The van der Waals surface area contributed by atoms with Gasteiger partial charge in [0.2, 0.25) is 0 Å². The first kappa shape index (κ1) is 15.6. The number of benzene rings is 1. The van der Waals surface area contributed by atoms with Gasteiger partial charge in [-0.15, -0.1) is 0 Å². The summed E-state index contributed by atoms with van der Waals surface area (Å²) in [7, 11) is 0. The number of hydrogen-bond acceptors (Lipinski definition) is 5. The number of halogens is 1. The first-order chi connectivity index (χ1) is 12.0. The van der Waals surface area contributed by atoms with Crippen molar-refractivity contribution in [2.45, 2.75) is 18.4 Å². The molecule has 1 aromatic carbocycles. The third-order valence-corrected chi connectivity index (χ3v) is 4.54. The Balaban J connectivity index is 1.62. The van der Waals surface area contributed by atoms with E-state index in [1.165, 1.54) is 24.5 Å². The molecule has 1 aliphatic heterocycles. The Morgan fingerprint density at radius 1 is 1.32 bits per heavy atom. The topological polar surface area (TPSA) is 95.0 Å². The Labute approximate surface area is 142 Å². The normalized spacial score (nSPS) is 20.8. The van der Waals surface area contributed by atoms with E-state index < -0.39 is 5.60 Å². The molecular weight excluding hydrogens is 325 g/mol. The molecule has 4 rings (SSSR count). The number of rotatable bonds is 2. The third-order valence-electron chi connectivity index (χ3n) is 4.54. The number of aromatic nitrogens is 4. The van der Waals surface area contributed by atoms with Gasteiger partial charge in [0.15, 0.2) is 0 Å². The maximum absolute atomic E-state index is 13.4. The molecule has 8 heteroatoms. The van der Waals surface area contributed by atoms with Crippen LogP contribution in [-0.4, -0.2) is 49.4 Å². The van der Waals surface area contributed by atoms with Gasteiger partial charge < -0.3 is 10.0 Å². The number of nitrogens with one attached hydrogen (secondary N) is 1. The third kappa shape index (κ3) is 2.85. The summed E-state index contributed by atoms with van der Waals surface area (Å²) in [5.41, 5.74) is 0.180. The smallest absolute Gasteiger partial charge is 0.255 e. The molecular formula is C17H16FN5O2. The lowest BCUT2D eigenvalue weighted by molar-refractivity contribution is -0.0320. The summed E-state index contributed by atoms with van der Waals surface area (Å²) in [6.45, 7) is 0.653. The van der Waals surface area contributed by atoms with E-state index >= 15 is 0 Å². The lowest BCUT2D eigenvalue weighted by Crippen LogP contribution is -2.48. The van der Waals surface area contributed by atoms with E-state index in [1.807, 2.05) is 0 Å². The van der Waals surface area contributed by atoms with Crippen LogP contribution in [0.5, 0.6) is 0 Å². The van der Waals surface area contributed by atoms with Crippen LogP contribution in [0.1, 0.15) is 28.9 Å². The lowest BCUT2D eigenvalue weighted by atomic mass is 9.89. The van der Waals surface area contributed by atoms with Crippen molar-refractivity contribution in [2.75, 3.05) is 13.1 Å². The van der Waals surface area contributed by atoms with Crippen LogP contribution in [0.4, 0.5) is 4.39 Å². The monoisotopic (exact) mass is 341 g/mol. The van der Waals surface area contributed by atoms with Crippen LogP contribution < -0.4 is 0 Å². The fraction of sp³-hybridized carbons (Fsp3) is 0.294. The number of hydrogen-bond donors (Lipinski definition) is 2. The van der Waals surface area contributed by atoms with E-state index in [-0.39, 0.29) is 18.3 Å². The molecule has 1 atom stereocenters. The second-order valence-corrected chi connectivity index (χ2v) is 6.28. The number of fused-ring (bicyclic) bond motifs is 1. The molecule has 1 unspecified atom stereocenters. The van der Waals surface area contributed by atoms with Crippen molar-refractivity contribution in [1.82, 2.24) is 25.3 Å². The summed E-state index contributed by atoms with van der Waals surface area (Å²) in [6, 6.07) is 5.88. The molecule has 0 aliphatic carbocycles. The number of pyridine rings is 1. The number of carbonyl (C=O) groups is 1. The minimum atomic E-state index is -1.22. The number of nitrogens with zero attached hydrogens (tertiary/aromatic N) is 4. The molecule has 0 saturated carbocycles. The second kappa shape index (κ2) is 5.89. The van der Waals surface area contributed by atoms with Crippen molar-refractivity contribution in [2.24, 2.45) is 0 Å². The van der Waals surface area contributed by atoms with Crippen LogP contribution in [0, 0.1) is 5.82 Å². The fourth-order valence-electron chi connectivity index (χ4n) is 3.25. The maximum atomic E-state index is 13.4. The molecule has 0 radical (unpaired) electrons. The van der Waals surface area contributed by atoms with E-state index in [1.54, 1.807) is 17.0 Å². The summed E-state index contributed by atoms with van der Waals surface area (Å²) in [6.07, 6.45) is 4.09. The average molecular weight is 341 g/mol. The summed E-state index contributed by atoms with van der Waals surface area (Å²) < 4.78 is 13.4. The molecule has 1 aliphatic rings. The number of likely N-dealkylation sites (tertiary alicyclic amines) is 1. The van der Waals surface area contributed by atoms with Gasteiger partial charge in [0.05, 0.1) is 23.8 Å². The summed E-state index contributed by atoms with van der Waals surface area (Å²) in [5.74, 6) is -0.627. The minimum Gasteiger partial charge on any atom is -0.382 e. The number of amides is 1. The fourth-order valence-corrected chi connectivity index (χ4v) is 3.25. The molecule has 3 heterocycles. The van der Waals surface area contributed by atoms with E-state index in [4.69, 9.17) is 0 Å². The number of piperidine rings is 1. The number of carbonyl (C=O) groups excluding carboxylic acids is 1. The molecule has 0 bridgehead atoms. The van der Waals surface area contributed by atoms with Crippen LogP contribution >= 0.6 is 0 Å². The number of aliphatic hydroxyl groups is 1. The molecule has 7 nitrogen and oxygen atoms in total. The van der Waals surface area contributed by atoms with Gasteiger partial charge in [-0.1, -0.05) is 0 Å². The molecule has 3 aromatic rings. The highest BCUT2D eigenvalue weighted by molar-refractivity contribution is 5.97. The summed E-state index contributed by atoms with van der Waals surface area (Å²) >= 11 is 0. The van der Waals surface area contributed by atoms with Gasteiger partial charge in [-0.25, -0.2) is 4.39 Å². The predicted octanol–water partition coefficient (Wildman–Crippen LogP) is 1.62. The summed E-state index contributed by atoms with van der Waals surface area (Å²) in [5, 5.41) is 21.6. The van der Waals surface area contributed by atoms with E-state index in [0.29, 0.717) is 41.5 Å². The first-order valence-electron chi connectivity index (χ1n) is 7.98. The van der Waals surface area contributed by atoms with Crippen molar-refractivity contribution < 1.29 is 14.3 Å². The zero-order valence-corrected chi connectivity index (χ0v) is 13.3. The van der Waals surface area contributed by atoms with Crippen molar-refractivity contribution in [3.8, 4) is 0 Å². The standard InChI is InChI=1S/C17H16FN5O2/c18-13-2-3-14-11(7-13)6-12(8-19-14)16(24)23-5-1-4-17(25,10-23)15-9-20-22-21-15/h2-3,6-9,25H,1,4-5,10H2,(H,20,21,22). The second-order valence-electron chi connectivity index (χ2n) is 6.28. The van der Waals surface area contributed by atoms with E-state index in [9.17, 15) is 14.3 Å². The molecule has 1 amide bonds. The zero-order valence-electron chi connectivity index (χ0n) is 13.3. The van der Waals surface area contributed by atoms with Crippen molar-refractivity contribution in [1.29, 1.82) is 0 Å². The largest absolute Gasteiger partial charge is 0.382 e. The number of aromatic amines is 1. The molecule has 25 heavy (non-hydrogen) atoms. The Kier molecular flexibility index (Phi) is 3.69. The molecule has 2 N–H and O–H groups in total. The van der Waals surface area contributed by atoms with Crippen LogP contribution in [0.25, 0.3) is 10.9 Å². The van der Waals surface area contributed by atoms with Crippen molar-refractivity contribution in [3.63, 3.8) is 0 Å². The van der Waals surface area contributed by atoms with Gasteiger partial charge in [-0.05, 0) is 37.1 Å². The number of β-amino-alcohol motifs (C(OH)–C–C–N with tert-alkyl or cyclic N) is 1. The van der Waals surface area contributed by atoms with Gasteiger partial charge in [0, 0.05) is 18.1 Å². The maximum Gasteiger partial charge on any atom is 0.255 e.